The van der Waals surface area contributed by atoms with Crippen molar-refractivity contribution in [2.45, 2.75) is 0 Å². The van der Waals surface area contributed by atoms with Crippen molar-refractivity contribution in [3.8, 4) is 0 Å². The van der Waals surface area contributed by atoms with E-state index in [2.05, 4.69) is 18.7 Å². The van der Waals surface area contributed by atoms with Gasteiger partial charge in [0.2, 0.25) is 0 Å². The van der Waals surface area contributed by atoms with E-state index in [9.17, 15) is 0 Å². The summed E-state index contributed by atoms with van der Waals surface area (Å²) in [5.41, 5.74) is 0. The molecule has 0 unspecified atom stereocenters. The molecule has 0 bridgehead atoms. The second-order valence-electron chi connectivity index (χ2n) is 0.392. The van der Waals surface area contributed by atoms with Gasteiger partial charge in [-0.05, 0) is 0 Å². The zero-order chi connectivity index (χ0) is 4.28. The Bertz CT molecular complexity index is 47.6. The fraction of sp³-hybridized carbons (Fsp3) is 0. The highest BCUT2D eigenvalue weighted by atomic mass is 32.1. The van der Waals surface area contributed by atoms with Crippen molar-refractivity contribution in [1.82, 2.24) is 0 Å². The number of hydrogen-bond acceptors (Lipinski definition) is 1. The Kier molecular flexibility index (Phi) is 2.79. The third-order valence-electron chi connectivity index (χ3n) is 0.0882. The fourth-order valence-electron chi connectivity index (χ4n) is 0. The second-order valence-corrected chi connectivity index (χ2v) is 1.67. The summed E-state index contributed by atoms with van der Waals surface area (Å²) in [6, 6.07) is 0. The monoisotopic (exact) mass is 110 g/mol. The predicted molar refractivity (Wildman–Crippen MR) is 21.0 cm³/mol. The zero-order valence-electron chi connectivity index (χ0n) is 2.33. The number of nitrogens with two attached hydrogens (primary N) is 1. The van der Waals surface area contributed by atoms with Gasteiger partial charge in [0, 0.05) is 0 Å². The van der Waals surface area contributed by atoms with Crippen LogP contribution in [0, 0.1) is 0 Å². The van der Waals surface area contributed by atoms with Gasteiger partial charge in [0.15, 0.2) is 0 Å². The van der Waals surface area contributed by atoms with E-state index >= 15 is 0 Å². The molecule has 0 fully saturated rings. The summed E-state index contributed by atoms with van der Waals surface area (Å²) in [6.07, 6.45) is 0. The molecule has 0 aliphatic rings. The summed E-state index contributed by atoms with van der Waals surface area (Å²) in [4.78, 5) is 7.81. The van der Waals surface area contributed by atoms with Gasteiger partial charge in [0.05, 0.1) is 0 Å². The molecule has 3 N–H and O–H groups in total. The van der Waals surface area contributed by atoms with Crippen LogP contribution in [0.2, 0.25) is 0 Å². The number of hydrazine groups is 1. The van der Waals surface area contributed by atoms with Crippen LogP contribution < -0.4 is 5.84 Å². The summed E-state index contributed by atoms with van der Waals surface area (Å²) >= 11 is 4.13. The maximum atomic E-state index is 7.81. The lowest BCUT2D eigenvalue weighted by Crippen LogP contribution is -2.03. The van der Waals surface area contributed by atoms with Gasteiger partial charge in [-0.15, -0.1) is 5.84 Å². The molecule has 5 heteroatoms. The molecule has 0 aliphatic heterocycles. The van der Waals surface area contributed by atoms with Gasteiger partial charge in [0.1, 0.15) is 0 Å². The molecule has 0 amide bonds. The largest absolute Gasteiger partial charge is 0.392 e. The van der Waals surface area contributed by atoms with E-state index in [1.807, 2.05) is 0 Å². The van der Waals surface area contributed by atoms with Crippen molar-refractivity contribution in [3.05, 3.63) is 0 Å². The Balaban J connectivity index is 3.14. The van der Waals surface area contributed by atoms with Gasteiger partial charge in [0.25, 0.3) is 0 Å². The van der Waals surface area contributed by atoms with E-state index in [1.165, 1.54) is 0 Å². The highest BCUT2D eigenvalue weighted by molar-refractivity contribution is 7.53. The summed E-state index contributed by atoms with van der Waals surface area (Å²) in [5, 5.41) is 0. The Labute approximate surface area is 36.9 Å². The molecule has 5 heavy (non-hydrogen) atoms. The van der Waals surface area contributed by atoms with E-state index in [-0.39, 0.29) is 8.60 Å². The van der Waals surface area contributed by atoms with Crippen LogP contribution in [-0.2, 0) is 12.8 Å². The van der Waals surface area contributed by atoms with Crippen molar-refractivity contribution in [1.29, 1.82) is 0 Å². The number of rotatable bonds is 0. The molecule has 0 aliphatic carbocycles. The maximum absolute atomic E-state index is 7.81. The van der Waals surface area contributed by atoms with Crippen molar-refractivity contribution < 1.29 is 8.74 Å². The van der Waals surface area contributed by atoms with Gasteiger partial charge in [-0.25, -0.2) is 3.84 Å². The third-order valence-corrected chi connectivity index (χ3v) is 0.484. The van der Waals surface area contributed by atoms with Crippen LogP contribution in [0.15, 0.2) is 0 Å². The van der Waals surface area contributed by atoms with Crippen LogP contribution in [0.4, 0.5) is 0 Å². The Morgan fingerprint density at radius 3 is 2.20 bits per heavy atom. The molecule has 0 aromatic carbocycles. The average Bonchev–Trinajstić information content (AvgIpc) is 1.38. The lowest BCUT2D eigenvalue weighted by atomic mass is 13.0. The average molecular weight is 110 g/mol. The van der Waals surface area contributed by atoms with Gasteiger partial charge in [-0.3, -0.25) is 4.89 Å². The van der Waals surface area contributed by atoms with E-state index in [0.717, 1.165) is 3.84 Å². The zero-order valence-corrected chi connectivity index (χ0v) is 4.04. The first kappa shape index (κ1) is 5.37. The van der Waals surface area contributed by atoms with Crippen LogP contribution in [0.25, 0.3) is 0 Å². The molecule has 0 atom stereocenters. The summed E-state index contributed by atoms with van der Waals surface area (Å²) in [7, 11) is -0.0772. The summed E-state index contributed by atoms with van der Waals surface area (Å²) < 4.78 is 0.736. The maximum Gasteiger partial charge on any atom is 0.392 e. The lowest BCUT2D eigenvalue weighted by Gasteiger charge is -1.82. The van der Waals surface area contributed by atoms with Crippen LogP contribution in [0.3, 0.4) is 0 Å². The molecule has 0 heterocycles. The first-order chi connectivity index (χ1) is 2.27. The van der Waals surface area contributed by atoms with Crippen LogP contribution >= 0.6 is 8.60 Å². The standard InChI is InChI=1S/H3N2OPS/c1-2(5)4-3/h3H,1H2. The van der Waals surface area contributed by atoms with E-state index in [0.29, 0.717) is 0 Å². The molecule has 0 aromatic heterocycles. The van der Waals surface area contributed by atoms with Gasteiger partial charge in [-0.2, -0.15) is 0 Å². The minimum Gasteiger partial charge on any atom is -0.362 e. The molecule has 3 nitrogen and oxygen atoms in total. The highest BCUT2D eigenvalue weighted by Gasteiger charge is 1.60. The molecule has 30 valence electrons. The number of nitrogens with zero attached hydrogens (tertiary/aromatic N) is 1. The molecule has 0 aromatic rings. The van der Waals surface area contributed by atoms with Crippen molar-refractivity contribution in [3.63, 3.8) is 0 Å². The molecule has 0 spiro atoms. The van der Waals surface area contributed by atoms with E-state index in [4.69, 9.17) is 4.89 Å². The van der Waals surface area contributed by atoms with E-state index in [1.54, 1.807) is 0 Å². The number of hydrogen-bond donors (Lipinski definition) is 2. The Morgan fingerprint density at radius 2 is 2.20 bits per heavy atom. The van der Waals surface area contributed by atoms with Crippen LogP contribution in [-0.4, -0.2) is 8.74 Å². The van der Waals surface area contributed by atoms with Crippen molar-refractivity contribution >= 4 is 21.4 Å². The Morgan fingerprint density at radius 1 is 2.00 bits per heavy atom. The van der Waals surface area contributed by atoms with Gasteiger partial charge < -0.3 is 12.8 Å². The minimum atomic E-state index is -0.0772. The molecular formula is H3N2OPS. The first-order valence-corrected chi connectivity index (χ1v) is 2.01. The van der Waals surface area contributed by atoms with E-state index < -0.39 is 0 Å². The molecule has 0 radical (unpaired) electrons. The fourth-order valence-corrected chi connectivity index (χ4v) is 0. The van der Waals surface area contributed by atoms with Crippen molar-refractivity contribution in [2.75, 3.05) is 0 Å². The second kappa shape index (κ2) is 2.60. The third kappa shape index (κ3) is 4.37. The van der Waals surface area contributed by atoms with Crippen molar-refractivity contribution in [2.24, 2.45) is 5.84 Å². The smallest absolute Gasteiger partial charge is 0.362 e. The highest BCUT2D eigenvalue weighted by Crippen LogP contribution is 1.77. The predicted octanol–water partition coefficient (Wildman–Crippen LogP) is -0.628. The Hall–Kier alpha value is 0.370. The molecular weight excluding hydrogens is 107 g/mol. The summed E-state index contributed by atoms with van der Waals surface area (Å²) in [5.74, 6) is 4.68. The van der Waals surface area contributed by atoms with Gasteiger partial charge in [-0.1, -0.05) is 0 Å². The SMILES string of the molecule is N[N+]([S-])=PO. The van der Waals surface area contributed by atoms with Crippen LogP contribution in [0.1, 0.15) is 0 Å². The summed E-state index contributed by atoms with van der Waals surface area (Å²) in [6.45, 7) is 0. The molecule has 0 saturated heterocycles. The van der Waals surface area contributed by atoms with Crippen LogP contribution in [0.5, 0.6) is 0 Å². The molecule has 0 saturated carbocycles. The lowest BCUT2D eigenvalue weighted by molar-refractivity contribution is -0.333. The minimum absolute atomic E-state index is 0.0772. The van der Waals surface area contributed by atoms with Gasteiger partial charge >= 0.3 is 8.60 Å². The quantitative estimate of drug-likeness (QED) is 0.189. The normalized spacial score (nSPS) is 12.2. The topological polar surface area (TPSA) is 49.3 Å². The first-order valence-electron chi connectivity index (χ1n) is 0.841. The molecule has 0 rings (SSSR count).